The molecule has 4 nitrogen and oxygen atoms in total. The molecule has 3 aromatic carbocycles. The molecule has 146 valence electrons. The third-order valence-electron chi connectivity index (χ3n) is 5.25. The molecule has 0 unspecified atom stereocenters. The maximum Gasteiger partial charge on any atom is 0.119 e. The lowest BCUT2D eigenvalue weighted by Crippen LogP contribution is -2.27. The van der Waals surface area contributed by atoms with E-state index < -0.39 is 0 Å². The van der Waals surface area contributed by atoms with Crippen molar-refractivity contribution < 1.29 is 9.47 Å². The highest BCUT2D eigenvalue weighted by Gasteiger charge is 2.41. The van der Waals surface area contributed by atoms with Crippen LogP contribution < -0.4 is 9.47 Å². The van der Waals surface area contributed by atoms with Crippen LogP contribution in [-0.4, -0.2) is 25.6 Å². The number of rotatable bonds is 4. The normalized spacial score (nSPS) is 17.4. The molecular formula is C25H24N2O2. The molecule has 1 aliphatic rings. The SMILES string of the molecule is COc1ccc(N=C2c3ccccc3C(=Nc3ccc(OC)cc3)C2(C)C)cc1. The van der Waals surface area contributed by atoms with E-state index in [1.807, 2.05) is 48.5 Å². The molecule has 0 spiro atoms. The molecule has 1 aliphatic carbocycles. The lowest BCUT2D eigenvalue weighted by molar-refractivity contribution is 0.415. The van der Waals surface area contributed by atoms with E-state index >= 15 is 0 Å². The number of ether oxygens (including phenoxy) is 2. The van der Waals surface area contributed by atoms with Crippen molar-refractivity contribution >= 4 is 22.8 Å². The summed E-state index contributed by atoms with van der Waals surface area (Å²) in [7, 11) is 3.33. The van der Waals surface area contributed by atoms with Gasteiger partial charge in [-0.2, -0.15) is 0 Å². The van der Waals surface area contributed by atoms with Gasteiger partial charge in [0.15, 0.2) is 0 Å². The fourth-order valence-electron chi connectivity index (χ4n) is 3.65. The second kappa shape index (κ2) is 7.55. The van der Waals surface area contributed by atoms with E-state index in [4.69, 9.17) is 19.5 Å². The van der Waals surface area contributed by atoms with Crippen molar-refractivity contribution in [3.8, 4) is 11.5 Å². The quantitative estimate of drug-likeness (QED) is 0.555. The van der Waals surface area contributed by atoms with E-state index in [-0.39, 0.29) is 5.41 Å². The molecule has 4 heteroatoms. The average molecular weight is 384 g/mol. The predicted molar refractivity (Wildman–Crippen MR) is 119 cm³/mol. The summed E-state index contributed by atoms with van der Waals surface area (Å²) in [6.45, 7) is 4.36. The fraction of sp³-hybridized carbons (Fsp3) is 0.200. The first-order chi connectivity index (χ1) is 14.0. The molecule has 0 fully saturated rings. The van der Waals surface area contributed by atoms with Crippen LogP contribution in [-0.2, 0) is 0 Å². The first-order valence-corrected chi connectivity index (χ1v) is 9.59. The van der Waals surface area contributed by atoms with E-state index in [1.165, 1.54) is 0 Å². The van der Waals surface area contributed by atoms with Gasteiger partial charge >= 0.3 is 0 Å². The fourth-order valence-corrected chi connectivity index (χ4v) is 3.65. The van der Waals surface area contributed by atoms with Crippen LogP contribution >= 0.6 is 0 Å². The van der Waals surface area contributed by atoms with Gasteiger partial charge in [-0.1, -0.05) is 24.3 Å². The lowest BCUT2D eigenvalue weighted by atomic mass is 9.86. The van der Waals surface area contributed by atoms with E-state index in [1.54, 1.807) is 14.2 Å². The van der Waals surface area contributed by atoms with Gasteiger partial charge in [0.1, 0.15) is 11.5 Å². The van der Waals surface area contributed by atoms with Crippen molar-refractivity contribution in [2.75, 3.05) is 14.2 Å². The summed E-state index contributed by atoms with van der Waals surface area (Å²) in [5.41, 5.74) is 5.75. The second-order valence-corrected chi connectivity index (χ2v) is 7.49. The Morgan fingerprint density at radius 2 is 0.966 bits per heavy atom. The van der Waals surface area contributed by atoms with Gasteiger partial charge in [-0.05, 0) is 62.4 Å². The van der Waals surface area contributed by atoms with Crippen molar-refractivity contribution in [2.45, 2.75) is 13.8 Å². The summed E-state index contributed by atoms with van der Waals surface area (Å²) in [5.74, 6) is 1.64. The maximum atomic E-state index is 5.26. The van der Waals surface area contributed by atoms with E-state index in [0.29, 0.717) is 0 Å². The molecule has 0 saturated heterocycles. The Bertz CT molecular complexity index is 992. The van der Waals surface area contributed by atoms with Gasteiger partial charge < -0.3 is 9.47 Å². The number of hydrogen-bond donors (Lipinski definition) is 0. The Hall–Kier alpha value is -3.40. The molecule has 0 amide bonds. The molecule has 0 aliphatic heterocycles. The summed E-state index contributed by atoms with van der Waals surface area (Å²) in [5, 5.41) is 0. The summed E-state index contributed by atoms with van der Waals surface area (Å²) in [6, 6.07) is 24.0. The minimum atomic E-state index is -0.330. The molecular weight excluding hydrogens is 360 g/mol. The highest BCUT2D eigenvalue weighted by atomic mass is 16.5. The molecule has 29 heavy (non-hydrogen) atoms. The maximum absolute atomic E-state index is 5.26. The Morgan fingerprint density at radius 3 is 1.31 bits per heavy atom. The first-order valence-electron chi connectivity index (χ1n) is 9.59. The van der Waals surface area contributed by atoms with Crippen LogP contribution in [0.1, 0.15) is 25.0 Å². The zero-order chi connectivity index (χ0) is 20.4. The predicted octanol–water partition coefficient (Wildman–Crippen LogP) is 5.99. The molecule has 4 rings (SSSR count). The highest BCUT2D eigenvalue weighted by Crippen LogP contribution is 2.40. The summed E-state index contributed by atoms with van der Waals surface area (Å²) in [4.78, 5) is 10.0. The molecule has 0 saturated carbocycles. The number of hydrogen-bond acceptors (Lipinski definition) is 4. The molecule has 3 aromatic rings. The van der Waals surface area contributed by atoms with Crippen LogP contribution in [0.3, 0.4) is 0 Å². The lowest BCUT2D eigenvalue weighted by Gasteiger charge is -2.21. The van der Waals surface area contributed by atoms with Crippen molar-refractivity contribution in [3.63, 3.8) is 0 Å². The largest absolute Gasteiger partial charge is 0.497 e. The minimum Gasteiger partial charge on any atom is -0.497 e. The van der Waals surface area contributed by atoms with Gasteiger partial charge in [0, 0.05) is 11.1 Å². The monoisotopic (exact) mass is 384 g/mol. The van der Waals surface area contributed by atoms with Gasteiger partial charge in [-0.15, -0.1) is 0 Å². The Balaban J connectivity index is 1.81. The number of nitrogens with zero attached hydrogens (tertiary/aromatic N) is 2. The molecule has 0 heterocycles. The Labute approximate surface area is 171 Å². The van der Waals surface area contributed by atoms with E-state index in [0.717, 1.165) is 45.4 Å². The van der Waals surface area contributed by atoms with Crippen LogP contribution in [0.5, 0.6) is 11.5 Å². The standard InChI is InChI=1S/C25H24N2O2/c1-25(2)23(26-17-9-13-19(28-3)14-10-17)21-7-5-6-8-22(21)24(25)27-18-11-15-20(29-4)16-12-18/h5-16H,1-4H3. The molecule has 0 N–H and O–H groups in total. The topological polar surface area (TPSA) is 43.2 Å². The van der Waals surface area contributed by atoms with Gasteiger partial charge in [-0.25, -0.2) is 0 Å². The average Bonchev–Trinajstić information content (AvgIpc) is 2.96. The first kappa shape index (κ1) is 18.9. The Morgan fingerprint density at radius 1 is 0.586 bits per heavy atom. The molecule has 0 atom stereocenters. The van der Waals surface area contributed by atoms with Crippen LogP contribution in [0.2, 0.25) is 0 Å². The van der Waals surface area contributed by atoms with Gasteiger partial charge in [0.25, 0.3) is 0 Å². The Kier molecular flexibility index (Phi) is 4.93. The van der Waals surface area contributed by atoms with Crippen LogP contribution in [0.4, 0.5) is 11.4 Å². The summed E-state index contributed by atoms with van der Waals surface area (Å²) in [6.07, 6.45) is 0. The zero-order valence-electron chi connectivity index (χ0n) is 17.1. The van der Waals surface area contributed by atoms with Gasteiger partial charge in [-0.3, -0.25) is 9.98 Å². The highest BCUT2D eigenvalue weighted by molar-refractivity contribution is 6.33. The van der Waals surface area contributed by atoms with Crippen molar-refractivity contribution in [1.29, 1.82) is 0 Å². The van der Waals surface area contributed by atoms with E-state index in [2.05, 4.69) is 38.1 Å². The molecule has 0 aromatic heterocycles. The summed E-state index contributed by atoms with van der Waals surface area (Å²) >= 11 is 0. The zero-order valence-corrected chi connectivity index (χ0v) is 17.1. The molecule has 0 bridgehead atoms. The number of fused-ring (bicyclic) bond motifs is 1. The number of benzene rings is 3. The third kappa shape index (κ3) is 3.54. The van der Waals surface area contributed by atoms with Crippen LogP contribution in [0.25, 0.3) is 0 Å². The molecule has 0 radical (unpaired) electrons. The van der Waals surface area contributed by atoms with Crippen LogP contribution in [0.15, 0.2) is 82.8 Å². The smallest absolute Gasteiger partial charge is 0.119 e. The number of aliphatic imine (C=N–C) groups is 2. The van der Waals surface area contributed by atoms with Crippen molar-refractivity contribution in [2.24, 2.45) is 15.4 Å². The summed E-state index contributed by atoms with van der Waals surface area (Å²) < 4.78 is 10.5. The second-order valence-electron chi connectivity index (χ2n) is 7.49. The minimum absolute atomic E-state index is 0.330. The third-order valence-corrected chi connectivity index (χ3v) is 5.25. The van der Waals surface area contributed by atoms with Gasteiger partial charge in [0.2, 0.25) is 0 Å². The van der Waals surface area contributed by atoms with Crippen molar-refractivity contribution in [1.82, 2.24) is 0 Å². The van der Waals surface area contributed by atoms with Crippen molar-refractivity contribution in [3.05, 3.63) is 83.9 Å². The van der Waals surface area contributed by atoms with E-state index in [9.17, 15) is 0 Å². The van der Waals surface area contributed by atoms with Crippen LogP contribution in [0, 0.1) is 5.41 Å². The van der Waals surface area contributed by atoms with Gasteiger partial charge in [0.05, 0.1) is 42.4 Å². The number of methoxy groups -OCH3 is 2.